The molecule has 0 unspecified atom stereocenters. The van der Waals surface area contributed by atoms with Gasteiger partial charge in [0.05, 0.1) is 11.0 Å². The molecule has 7 heteroatoms. The molecule has 96 valence electrons. The number of benzene rings is 1. The molecule has 0 bridgehead atoms. The van der Waals surface area contributed by atoms with Crippen molar-refractivity contribution in [1.82, 2.24) is 10.4 Å². The van der Waals surface area contributed by atoms with Crippen molar-refractivity contribution in [2.24, 2.45) is 0 Å². The van der Waals surface area contributed by atoms with Gasteiger partial charge in [-0.1, -0.05) is 17.4 Å². The number of nitrogens with one attached hydrogen (secondary N) is 2. The number of para-hydroxylation sites is 1. The van der Waals surface area contributed by atoms with E-state index in [0.29, 0.717) is 9.83 Å². The van der Waals surface area contributed by atoms with E-state index in [-0.39, 0.29) is 17.1 Å². The molecule has 0 spiro atoms. The number of carbonyl (C=O) groups is 1. The molecular weight excluding hydrogens is 269 g/mol. The highest BCUT2D eigenvalue weighted by Gasteiger charge is 2.10. The molecule has 3 rings (SSSR count). The van der Waals surface area contributed by atoms with E-state index in [2.05, 4.69) is 15.8 Å². The summed E-state index contributed by atoms with van der Waals surface area (Å²) in [5.41, 5.74) is 5.33. The Labute approximate surface area is 111 Å². The minimum atomic E-state index is -0.426. The topological polar surface area (TPSA) is 67.2 Å². The molecule has 2 heterocycles. The fourth-order valence-corrected chi connectivity index (χ4v) is 2.38. The molecule has 2 aromatic heterocycles. The number of halogens is 1. The Kier molecular flexibility index (Phi) is 2.88. The average molecular weight is 277 g/mol. The summed E-state index contributed by atoms with van der Waals surface area (Å²) >= 11 is 1.24. The smallest absolute Gasteiger partial charge is 0.305 e. The first-order valence-electron chi connectivity index (χ1n) is 5.39. The van der Waals surface area contributed by atoms with Gasteiger partial charge in [0.2, 0.25) is 5.13 Å². The number of rotatable bonds is 3. The molecule has 3 aromatic rings. The quantitative estimate of drug-likeness (QED) is 0.722. The Morgan fingerprint density at radius 3 is 2.95 bits per heavy atom. The van der Waals surface area contributed by atoms with Crippen LogP contribution in [-0.4, -0.2) is 10.9 Å². The number of hydrogen-bond donors (Lipinski definition) is 2. The van der Waals surface area contributed by atoms with Crippen LogP contribution in [0.5, 0.6) is 0 Å². The molecule has 0 fully saturated rings. The zero-order chi connectivity index (χ0) is 13.2. The van der Waals surface area contributed by atoms with E-state index in [0.717, 1.165) is 0 Å². The van der Waals surface area contributed by atoms with Crippen LogP contribution in [0.25, 0.3) is 10.2 Å². The second-order valence-electron chi connectivity index (χ2n) is 3.66. The standard InChI is InChI=1S/C12H8FN3O2S/c13-7-3-1-5-9-10(7)14-12(19-9)16-15-11(17)8-4-2-6-18-8/h1-6H,(H,14,16)(H,15,17). The van der Waals surface area contributed by atoms with Crippen LogP contribution in [0, 0.1) is 5.82 Å². The highest BCUT2D eigenvalue weighted by atomic mass is 32.1. The Bertz CT molecular complexity index is 724. The number of aromatic nitrogens is 1. The highest BCUT2D eigenvalue weighted by Crippen LogP contribution is 2.26. The van der Waals surface area contributed by atoms with Gasteiger partial charge in [-0.3, -0.25) is 15.6 Å². The summed E-state index contributed by atoms with van der Waals surface area (Å²) in [4.78, 5) is 15.6. The third kappa shape index (κ3) is 2.27. The van der Waals surface area contributed by atoms with Gasteiger partial charge in [0.15, 0.2) is 5.76 Å². The fraction of sp³-hybridized carbons (Fsp3) is 0. The van der Waals surface area contributed by atoms with E-state index in [1.165, 1.54) is 29.7 Å². The number of fused-ring (bicyclic) bond motifs is 1. The summed E-state index contributed by atoms with van der Waals surface area (Å²) in [6.45, 7) is 0. The van der Waals surface area contributed by atoms with Gasteiger partial charge in [0, 0.05) is 0 Å². The number of anilines is 1. The molecule has 0 atom stereocenters. The van der Waals surface area contributed by atoms with E-state index in [1.54, 1.807) is 18.2 Å². The van der Waals surface area contributed by atoms with Crippen molar-refractivity contribution in [3.63, 3.8) is 0 Å². The fourth-order valence-electron chi connectivity index (χ4n) is 1.55. The summed E-state index contributed by atoms with van der Waals surface area (Å²) in [5.74, 6) is -0.635. The van der Waals surface area contributed by atoms with Crippen LogP contribution in [0.1, 0.15) is 10.6 Å². The molecule has 0 aliphatic rings. The summed E-state index contributed by atoms with van der Waals surface area (Å²) in [6.07, 6.45) is 1.40. The van der Waals surface area contributed by atoms with Gasteiger partial charge >= 0.3 is 5.91 Å². The number of furan rings is 1. The van der Waals surface area contributed by atoms with Crippen molar-refractivity contribution in [3.8, 4) is 0 Å². The number of hydrazine groups is 1. The molecule has 1 amide bonds. The monoisotopic (exact) mass is 277 g/mol. The molecule has 0 saturated carbocycles. The lowest BCUT2D eigenvalue weighted by Crippen LogP contribution is -2.28. The van der Waals surface area contributed by atoms with Crippen LogP contribution in [0.4, 0.5) is 9.52 Å². The van der Waals surface area contributed by atoms with Gasteiger partial charge in [-0.15, -0.1) is 0 Å². The van der Waals surface area contributed by atoms with Crippen molar-refractivity contribution in [2.75, 3.05) is 5.43 Å². The molecule has 0 radical (unpaired) electrons. The maximum atomic E-state index is 13.4. The number of hydrogen-bond acceptors (Lipinski definition) is 5. The zero-order valence-corrected chi connectivity index (χ0v) is 10.3. The Morgan fingerprint density at radius 2 is 2.21 bits per heavy atom. The third-order valence-corrected chi connectivity index (χ3v) is 3.33. The van der Waals surface area contributed by atoms with Crippen LogP contribution in [0.3, 0.4) is 0 Å². The predicted molar refractivity (Wildman–Crippen MR) is 69.4 cm³/mol. The van der Waals surface area contributed by atoms with E-state index < -0.39 is 5.91 Å². The van der Waals surface area contributed by atoms with E-state index >= 15 is 0 Å². The van der Waals surface area contributed by atoms with Crippen LogP contribution >= 0.6 is 11.3 Å². The molecule has 5 nitrogen and oxygen atoms in total. The maximum Gasteiger partial charge on any atom is 0.305 e. The molecule has 2 N–H and O–H groups in total. The van der Waals surface area contributed by atoms with Crippen LogP contribution < -0.4 is 10.9 Å². The van der Waals surface area contributed by atoms with Gasteiger partial charge in [0.1, 0.15) is 11.3 Å². The molecule has 1 aromatic carbocycles. The van der Waals surface area contributed by atoms with Crippen molar-refractivity contribution in [1.29, 1.82) is 0 Å². The minimum Gasteiger partial charge on any atom is -0.459 e. The number of amides is 1. The lowest BCUT2D eigenvalue weighted by atomic mass is 10.3. The van der Waals surface area contributed by atoms with Crippen LogP contribution in [0.2, 0.25) is 0 Å². The Balaban J connectivity index is 1.75. The average Bonchev–Trinajstić information content (AvgIpc) is 3.05. The van der Waals surface area contributed by atoms with Crippen molar-refractivity contribution < 1.29 is 13.6 Å². The van der Waals surface area contributed by atoms with E-state index in [9.17, 15) is 9.18 Å². The lowest BCUT2D eigenvalue weighted by Gasteiger charge is -2.02. The largest absolute Gasteiger partial charge is 0.459 e. The first-order chi connectivity index (χ1) is 9.24. The minimum absolute atomic E-state index is 0.180. The lowest BCUT2D eigenvalue weighted by molar-refractivity contribution is 0.0935. The SMILES string of the molecule is O=C(NNc1nc2c(F)cccc2s1)c1ccco1. The van der Waals surface area contributed by atoms with Gasteiger partial charge in [-0.25, -0.2) is 9.37 Å². The first kappa shape index (κ1) is 11.7. The second-order valence-corrected chi connectivity index (χ2v) is 4.69. The van der Waals surface area contributed by atoms with Gasteiger partial charge in [-0.2, -0.15) is 0 Å². The van der Waals surface area contributed by atoms with Gasteiger partial charge in [-0.05, 0) is 24.3 Å². The van der Waals surface area contributed by atoms with E-state index in [1.807, 2.05) is 0 Å². The van der Waals surface area contributed by atoms with Crippen molar-refractivity contribution >= 4 is 32.6 Å². The van der Waals surface area contributed by atoms with Gasteiger partial charge < -0.3 is 4.42 Å². The molecule has 0 saturated heterocycles. The molecule has 19 heavy (non-hydrogen) atoms. The maximum absolute atomic E-state index is 13.4. The molecular formula is C12H8FN3O2S. The van der Waals surface area contributed by atoms with E-state index in [4.69, 9.17) is 4.42 Å². The molecule has 0 aliphatic heterocycles. The number of nitrogens with zero attached hydrogens (tertiary/aromatic N) is 1. The first-order valence-corrected chi connectivity index (χ1v) is 6.20. The predicted octanol–water partition coefficient (Wildman–Crippen LogP) is 2.79. The highest BCUT2D eigenvalue weighted by molar-refractivity contribution is 7.22. The third-order valence-electron chi connectivity index (χ3n) is 2.40. The second kappa shape index (κ2) is 4.69. The summed E-state index contributed by atoms with van der Waals surface area (Å²) in [7, 11) is 0. The van der Waals surface area contributed by atoms with Crippen molar-refractivity contribution in [2.45, 2.75) is 0 Å². The summed E-state index contributed by atoms with van der Waals surface area (Å²) < 4.78 is 19.1. The van der Waals surface area contributed by atoms with Crippen molar-refractivity contribution in [3.05, 3.63) is 48.2 Å². The number of thiazole rings is 1. The van der Waals surface area contributed by atoms with Gasteiger partial charge in [0.25, 0.3) is 0 Å². The number of carbonyl (C=O) groups excluding carboxylic acids is 1. The van der Waals surface area contributed by atoms with Crippen LogP contribution in [-0.2, 0) is 0 Å². The Hall–Kier alpha value is -2.41. The summed E-state index contributed by atoms with van der Waals surface area (Å²) in [6, 6.07) is 7.86. The molecule has 0 aliphatic carbocycles. The summed E-state index contributed by atoms with van der Waals surface area (Å²) in [5, 5.41) is 0.403. The Morgan fingerprint density at radius 1 is 1.32 bits per heavy atom. The zero-order valence-electron chi connectivity index (χ0n) is 9.51. The van der Waals surface area contributed by atoms with Crippen LogP contribution in [0.15, 0.2) is 41.0 Å². The normalized spacial score (nSPS) is 10.6.